The van der Waals surface area contributed by atoms with Gasteiger partial charge in [-0.3, -0.25) is 10.1 Å². The lowest BCUT2D eigenvalue weighted by Crippen LogP contribution is -2.10. The Bertz CT molecular complexity index is 1720. The zero-order chi connectivity index (χ0) is 24.8. The summed E-state index contributed by atoms with van der Waals surface area (Å²) in [4.78, 5) is 18.7. The Hall–Kier alpha value is -4.50. The first kappa shape index (κ1) is 22.0. The molecule has 0 atom stereocenters. The van der Waals surface area contributed by atoms with E-state index < -0.39 is 0 Å². The molecular formula is C27H21F2N7. The first-order valence-electron chi connectivity index (χ1n) is 11.3. The van der Waals surface area contributed by atoms with Crippen molar-refractivity contribution in [1.29, 1.82) is 0 Å². The topological polar surface area (TPSA) is 86.4 Å². The second kappa shape index (κ2) is 8.62. The average molecular weight is 482 g/mol. The van der Waals surface area contributed by atoms with Crippen molar-refractivity contribution in [3.63, 3.8) is 0 Å². The van der Waals surface area contributed by atoms with Crippen molar-refractivity contribution in [3.05, 3.63) is 84.3 Å². The van der Waals surface area contributed by atoms with Gasteiger partial charge in [0.25, 0.3) is 0 Å². The van der Waals surface area contributed by atoms with Gasteiger partial charge >= 0.3 is 0 Å². The highest BCUT2D eigenvalue weighted by molar-refractivity contribution is 5.97. The van der Waals surface area contributed by atoms with Crippen LogP contribution in [0.4, 0.5) is 8.78 Å². The molecule has 0 saturated carbocycles. The summed E-state index contributed by atoms with van der Waals surface area (Å²) in [6.45, 7) is 0.698. The monoisotopic (exact) mass is 481 g/mol. The number of hydrogen-bond acceptors (Lipinski definition) is 5. The Kier molecular flexibility index (Phi) is 5.26. The Morgan fingerprint density at radius 3 is 2.56 bits per heavy atom. The van der Waals surface area contributed by atoms with Gasteiger partial charge in [-0.05, 0) is 55.6 Å². The third-order valence-corrected chi connectivity index (χ3v) is 6.03. The number of aromatic nitrogens is 6. The number of rotatable bonds is 5. The molecule has 7 nitrogen and oxygen atoms in total. The summed E-state index contributed by atoms with van der Waals surface area (Å²) < 4.78 is 28.5. The molecule has 0 fully saturated rings. The number of imidazole rings is 1. The van der Waals surface area contributed by atoms with Gasteiger partial charge in [-0.1, -0.05) is 12.1 Å². The van der Waals surface area contributed by atoms with E-state index in [1.165, 1.54) is 18.2 Å². The van der Waals surface area contributed by atoms with Crippen LogP contribution in [0.2, 0.25) is 0 Å². The van der Waals surface area contributed by atoms with Crippen LogP contribution in [0, 0.1) is 11.6 Å². The van der Waals surface area contributed by atoms with Gasteiger partial charge < -0.3 is 9.88 Å². The Morgan fingerprint density at radius 1 is 0.917 bits per heavy atom. The fraction of sp³-hybridized carbons (Fsp3) is 0.111. The first-order valence-corrected chi connectivity index (χ1v) is 11.3. The van der Waals surface area contributed by atoms with Gasteiger partial charge in [0.05, 0.1) is 11.0 Å². The number of halogens is 2. The molecule has 0 aliphatic rings. The molecule has 6 rings (SSSR count). The molecule has 0 amide bonds. The minimum Gasteiger partial charge on any atom is -0.335 e. The smallest absolute Gasteiger partial charge is 0.178 e. The van der Waals surface area contributed by atoms with E-state index in [9.17, 15) is 4.39 Å². The number of nitrogens with zero attached hydrogens (tertiary/aromatic N) is 5. The molecule has 178 valence electrons. The van der Waals surface area contributed by atoms with Gasteiger partial charge in [0, 0.05) is 53.3 Å². The van der Waals surface area contributed by atoms with E-state index in [0.717, 1.165) is 16.7 Å². The van der Waals surface area contributed by atoms with Crippen LogP contribution in [0.15, 0.2) is 67.1 Å². The second-order valence-electron chi connectivity index (χ2n) is 8.92. The van der Waals surface area contributed by atoms with Crippen molar-refractivity contribution < 1.29 is 8.78 Å². The van der Waals surface area contributed by atoms with Gasteiger partial charge in [0.15, 0.2) is 11.5 Å². The molecule has 0 bridgehead atoms. The van der Waals surface area contributed by atoms with Gasteiger partial charge in [-0.2, -0.15) is 5.10 Å². The minimum absolute atomic E-state index is 0.303. The molecule has 0 spiro atoms. The average Bonchev–Trinajstić information content (AvgIpc) is 3.47. The van der Waals surface area contributed by atoms with E-state index >= 15 is 4.39 Å². The molecule has 6 aromatic rings. The van der Waals surface area contributed by atoms with Crippen molar-refractivity contribution in [2.75, 3.05) is 14.1 Å². The van der Waals surface area contributed by atoms with Crippen LogP contribution in [-0.4, -0.2) is 49.1 Å². The van der Waals surface area contributed by atoms with E-state index in [2.05, 4.69) is 30.1 Å². The molecule has 2 N–H and O–H groups in total. The summed E-state index contributed by atoms with van der Waals surface area (Å²) >= 11 is 0. The molecule has 0 saturated heterocycles. The molecule has 4 aromatic heterocycles. The lowest BCUT2D eigenvalue weighted by molar-refractivity contribution is 0.402. The van der Waals surface area contributed by atoms with E-state index in [4.69, 9.17) is 0 Å². The van der Waals surface area contributed by atoms with Crippen molar-refractivity contribution in [2.45, 2.75) is 6.54 Å². The Morgan fingerprint density at radius 2 is 1.75 bits per heavy atom. The molecule has 0 aliphatic heterocycles. The van der Waals surface area contributed by atoms with Crippen LogP contribution in [0.5, 0.6) is 0 Å². The highest BCUT2D eigenvalue weighted by atomic mass is 19.1. The third-order valence-electron chi connectivity index (χ3n) is 6.03. The summed E-state index contributed by atoms with van der Waals surface area (Å²) in [5.74, 6) is -0.176. The lowest BCUT2D eigenvalue weighted by Gasteiger charge is -2.11. The predicted molar refractivity (Wildman–Crippen MR) is 135 cm³/mol. The maximum Gasteiger partial charge on any atom is 0.178 e. The van der Waals surface area contributed by atoms with Gasteiger partial charge in [-0.15, -0.1) is 0 Å². The maximum absolute atomic E-state index is 15.1. The molecule has 9 heteroatoms. The number of aromatic amines is 2. The number of nitrogens with one attached hydrogen (secondary N) is 2. The Labute approximate surface area is 204 Å². The quantitative estimate of drug-likeness (QED) is 0.336. The number of pyridine rings is 2. The molecule has 0 aliphatic carbocycles. The van der Waals surface area contributed by atoms with Crippen molar-refractivity contribution in [2.24, 2.45) is 0 Å². The number of benzene rings is 2. The van der Waals surface area contributed by atoms with Crippen LogP contribution < -0.4 is 0 Å². The zero-order valence-electron chi connectivity index (χ0n) is 19.5. The predicted octanol–water partition coefficient (Wildman–Crippen LogP) is 5.57. The molecular weight excluding hydrogens is 460 g/mol. The lowest BCUT2D eigenvalue weighted by atomic mass is 10.0. The fourth-order valence-corrected chi connectivity index (χ4v) is 4.42. The SMILES string of the molecule is CN(C)Cc1cncc(-c2cc3c(-c4nc5nccc(-c6ccc(F)cc6)c5[nH]4)n[nH]c3cc2F)c1. The number of hydrogen-bond donors (Lipinski definition) is 2. The van der Waals surface area contributed by atoms with Gasteiger partial charge in [0.1, 0.15) is 17.3 Å². The van der Waals surface area contributed by atoms with E-state index in [-0.39, 0.29) is 11.6 Å². The highest BCUT2D eigenvalue weighted by Gasteiger charge is 2.18. The van der Waals surface area contributed by atoms with Crippen LogP contribution in [0.1, 0.15) is 5.56 Å². The van der Waals surface area contributed by atoms with Crippen molar-refractivity contribution in [1.82, 2.24) is 35.0 Å². The minimum atomic E-state index is -0.369. The first-order chi connectivity index (χ1) is 17.5. The summed E-state index contributed by atoms with van der Waals surface area (Å²) in [5.41, 5.74) is 6.09. The summed E-state index contributed by atoms with van der Waals surface area (Å²) in [6, 6.07) is 13.2. The summed E-state index contributed by atoms with van der Waals surface area (Å²) in [5, 5.41) is 8.04. The van der Waals surface area contributed by atoms with Crippen molar-refractivity contribution >= 4 is 22.1 Å². The molecule has 0 unspecified atom stereocenters. The third kappa shape index (κ3) is 3.89. The number of H-pyrrole nitrogens is 2. The molecule has 4 heterocycles. The van der Waals surface area contributed by atoms with E-state index in [1.807, 2.05) is 31.1 Å². The van der Waals surface area contributed by atoms with E-state index in [0.29, 0.717) is 51.3 Å². The summed E-state index contributed by atoms with van der Waals surface area (Å²) in [6.07, 6.45) is 5.10. The number of fused-ring (bicyclic) bond motifs is 2. The Balaban J connectivity index is 1.47. The fourth-order valence-electron chi connectivity index (χ4n) is 4.42. The zero-order valence-corrected chi connectivity index (χ0v) is 19.5. The van der Waals surface area contributed by atoms with Gasteiger partial charge in [0.2, 0.25) is 0 Å². The molecule has 36 heavy (non-hydrogen) atoms. The largest absolute Gasteiger partial charge is 0.335 e. The molecule has 2 aromatic carbocycles. The summed E-state index contributed by atoms with van der Waals surface area (Å²) in [7, 11) is 3.95. The normalized spacial score (nSPS) is 11.7. The molecule has 0 radical (unpaired) electrons. The van der Waals surface area contributed by atoms with Crippen LogP contribution in [-0.2, 0) is 6.54 Å². The van der Waals surface area contributed by atoms with Crippen LogP contribution >= 0.6 is 0 Å². The maximum atomic E-state index is 15.1. The van der Waals surface area contributed by atoms with Crippen LogP contribution in [0.25, 0.3) is 55.8 Å². The van der Waals surface area contributed by atoms with Crippen LogP contribution in [0.3, 0.4) is 0 Å². The van der Waals surface area contributed by atoms with E-state index in [1.54, 1.807) is 36.8 Å². The van der Waals surface area contributed by atoms with Crippen molar-refractivity contribution in [3.8, 4) is 33.8 Å². The second-order valence-corrected chi connectivity index (χ2v) is 8.92. The highest BCUT2D eigenvalue weighted by Crippen LogP contribution is 2.34. The standard InChI is InChI=1S/C27H21F2N7/c1-36(2)14-15-9-17(13-30-12-15)20-10-21-23(11-22(20)29)34-35-25(21)27-32-24-19(7-8-31-26(24)33-27)16-3-5-18(28)6-4-16/h3-13H,14H2,1-2H3,(H,34,35)(H,31,32,33). The van der Waals surface area contributed by atoms with Gasteiger partial charge in [-0.25, -0.2) is 18.7 Å².